The predicted octanol–water partition coefficient (Wildman–Crippen LogP) is 2.37. The Balaban J connectivity index is 2.69. The van der Waals surface area contributed by atoms with Crippen LogP contribution in [0.2, 0.25) is 0 Å². The summed E-state index contributed by atoms with van der Waals surface area (Å²) in [6.45, 7) is 4.03. The Bertz CT molecular complexity index is 488. The third-order valence-corrected chi connectivity index (χ3v) is 4.48. The van der Waals surface area contributed by atoms with E-state index in [0.29, 0.717) is 5.82 Å². The summed E-state index contributed by atoms with van der Waals surface area (Å²) in [5, 5.41) is 2.83. The molecule has 1 heterocycles. The zero-order chi connectivity index (χ0) is 14.3. The standard InChI is InChI=1S/C13H23N3O2S/c1-4-5-6-7-11(2)16-19(17,18)12-8-9-15-13(10-12)14-3/h8-11,16H,4-7H2,1-3H3,(H,14,15). The molecule has 1 rings (SSSR count). The second kappa shape index (κ2) is 7.45. The summed E-state index contributed by atoms with van der Waals surface area (Å²) < 4.78 is 27.1. The highest BCUT2D eigenvalue weighted by molar-refractivity contribution is 7.89. The van der Waals surface area contributed by atoms with Crippen LogP contribution in [-0.4, -0.2) is 26.5 Å². The highest BCUT2D eigenvalue weighted by atomic mass is 32.2. The number of rotatable bonds is 8. The van der Waals surface area contributed by atoms with E-state index >= 15 is 0 Å². The number of unbranched alkanes of at least 4 members (excludes halogenated alkanes) is 2. The van der Waals surface area contributed by atoms with Crippen molar-refractivity contribution in [3.05, 3.63) is 18.3 Å². The minimum Gasteiger partial charge on any atom is -0.373 e. The maximum atomic E-state index is 12.2. The van der Waals surface area contributed by atoms with Gasteiger partial charge in [0.15, 0.2) is 0 Å². The molecule has 0 bridgehead atoms. The van der Waals surface area contributed by atoms with Crippen molar-refractivity contribution < 1.29 is 8.42 Å². The number of nitrogens with one attached hydrogen (secondary N) is 2. The molecule has 1 aromatic heterocycles. The molecule has 0 aliphatic heterocycles. The molecule has 2 N–H and O–H groups in total. The first-order chi connectivity index (χ1) is 8.99. The molecular formula is C13H23N3O2S. The Morgan fingerprint density at radius 2 is 2.11 bits per heavy atom. The Kier molecular flexibility index (Phi) is 6.24. The zero-order valence-corrected chi connectivity index (χ0v) is 12.6. The molecule has 0 saturated heterocycles. The molecule has 0 saturated carbocycles. The van der Waals surface area contributed by atoms with E-state index in [1.54, 1.807) is 7.05 Å². The lowest BCUT2D eigenvalue weighted by Gasteiger charge is -2.14. The van der Waals surface area contributed by atoms with Gasteiger partial charge < -0.3 is 5.32 Å². The van der Waals surface area contributed by atoms with Crippen LogP contribution in [-0.2, 0) is 10.0 Å². The molecule has 1 atom stereocenters. The molecule has 0 fully saturated rings. The van der Waals surface area contributed by atoms with Crippen LogP contribution in [0.15, 0.2) is 23.2 Å². The molecule has 0 aliphatic rings. The summed E-state index contributed by atoms with van der Waals surface area (Å²) in [5.74, 6) is 0.543. The summed E-state index contributed by atoms with van der Waals surface area (Å²) in [6.07, 6.45) is 5.65. The van der Waals surface area contributed by atoms with Gasteiger partial charge in [0.05, 0.1) is 4.90 Å². The molecule has 1 unspecified atom stereocenters. The molecule has 5 nitrogen and oxygen atoms in total. The summed E-state index contributed by atoms with van der Waals surface area (Å²) >= 11 is 0. The monoisotopic (exact) mass is 285 g/mol. The Morgan fingerprint density at radius 1 is 1.37 bits per heavy atom. The van der Waals surface area contributed by atoms with Crippen molar-refractivity contribution >= 4 is 15.8 Å². The summed E-state index contributed by atoms with van der Waals surface area (Å²) in [7, 11) is -1.75. The molecule has 6 heteroatoms. The normalized spacial score (nSPS) is 13.2. The van der Waals surface area contributed by atoms with Crippen LogP contribution in [0.3, 0.4) is 0 Å². The van der Waals surface area contributed by atoms with Crippen LogP contribution in [0.1, 0.15) is 39.5 Å². The number of pyridine rings is 1. The minimum absolute atomic E-state index is 0.0530. The van der Waals surface area contributed by atoms with Gasteiger partial charge in [-0.2, -0.15) is 0 Å². The van der Waals surface area contributed by atoms with E-state index in [9.17, 15) is 8.42 Å². The van der Waals surface area contributed by atoms with Crippen molar-refractivity contribution in [1.82, 2.24) is 9.71 Å². The second-order valence-electron chi connectivity index (χ2n) is 4.64. The van der Waals surface area contributed by atoms with E-state index in [0.717, 1.165) is 25.7 Å². The first-order valence-electron chi connectivity index (χ1n) is 6.65. The van der Waals surface area contributed by atoms with Crippen LogP contribution >= 0.6 is 0 Å². The lowest BCUT2D eigenvalue weighted by atomic mass is 10.1. The number of hydrogen-bond acceptors (Lipinski definition) is 4. The number of nitrogens with zero attached hydrogens (tertiary/aromatic N) is 1. The molecular weight excluding hydrogens is 262 g/mol. The quantitative estimate of drug-likeness (QED) is 0.719. The summed E-state index contributed by atoms with van der Waals surface area (Å²) in [5.41, 5.74) is 0. The van der Waals surface area contributed by atoms with Gasteiger partial charge in [-0.05, 0) is 19.4 Å². The van der Waals surface area contributed by atoms with E-state index < -0.39 is 10.0 Å². The molecule has 1 aromatic rings. The number of anilines is 1. The fourth-order valence-corrected chi connectivity index (χ4v) is 3.10. The van der Waals surface area contributed by atoms with Crippen molar-refractivity contribution in [3.8, 4) is 0 Å². The summed E-state index contributed by atoms with van der Waals surface area (Å²) in [6, 6.07) is 2.98. The van der Waals surface area contributed by atoms with Crippen LogP contribution in [0.25, 0.3) is 0 Å². The fraction of sp³-hybridized carbons (Fsp3) is 0.615. The fourth-order valence-electron chi connectivity index (χ4n) is 1.81. The van der Waals surface area contributed by atoms with E-state index in [-0.39, 0.29) is 10.9 Å². The third-order valence-electron chi connectivity index (χ3n) is 2.89. The van der Waals surface area contributed by atoms with Gasteiger partial charge in [0.2, 0.25) is 10.0 Å². The molecule has 0 amide bonds. The summed E-state index contributed by atoms with van der Waals surface area (Å²) in [4.78, 5) is 4.25. The number of hydrogen-bond donors (Lipinski definition) is 2. The van der Waals surface area contributed by atoms with E-state index in [4.69, 9.17) is 0 Å². The molecule has 0 aromatic carbocycles. The molecule has 0 aliphatic carbocycles. The topological polar surface area (TPSA) is 71.1 Å². The maximum absolute atomic E-state index is 12.2. The van der Waals surface area contributed by atoms with Gasteiger partial charge in [-0.1, -0.05) is 26.2 Å². The number of aromatic nitrogens is 1. The molecule has 0 spiro atoms. The maximum Gasteiger partial charge on any atom is 0.240 e. The lowest BCUT2D eigenvalue weighted by molar-refractivity contribution is 0.527. The average molecular weight is 285 g/mol. The minimum atomic E-state index is -3.46. The van der Waals surface area contributed by atoms with E-state index in [1.165, 1.54) is 18.3 Å². The van der Waals surface area contributed by atoms with Crippen molar-refractivity contribution in [2.45, 2.75) is 50.5 Å². The van der Waals surface area contributed by atoms with Gasteiger partial charge in [0.1, 0.15) is 5.82 Å². The SMILES string of the molecule is CCCCCC(C)NS(=O)(=O)c1ccnc(NC)c1. The van der Waals surface area contributed by atoms with Crippen LogP contribution in [0, 0.1) is 0 Å². The average Bonchev–Trinajstić information content (AvgIpc) is 2.38. The number of sulfonamides is 1. The second-order valence-corrected chi connectivity index (χ2v) is 6.36. The smallest absolute Gasteiger partial charge is 0.240 e. The van der Waals surface area contributed by atoms with E-state index in [2.05, 4.69) is 21.9 Å². The van der Waals surface area contributed by atoms with Crippen molar-refractivity contribution in [1.29, 1.82) is 0 Å². The first kappa shape index (κ1) is 15.9. The molecule has 108 valence electrons. The zero-order valence-electron chi connectivity index (χ0n) is 11.8. The van der Waals surface area contributed by atoms with Crippen LogP contribution in [0.5, 0.6) is 0 Å². The van der Waals surface area contributed by atoms with Gasteiger partial charge in [-0.25, -0.2) is 18.1 Å². The van der Waals surface area contributed by atoms with E-state index in [1.807, 2.05) is 6.92 Å². The Hall–Kier alpha value is -1.14. The van der Waals surface area contributed by atoms with Crippen molar-refractivity contribution in [2.24, 2.45) is 0 Å². The van der Waals surface area contributed by atoms with Crippen molar-refractivity contribution in [3.63, 3.8) is 0 Å². The van der Waals surface area contributed by atoms with Gasteiger partial charge in [0, 0.05) is 25.4 Å². The highest BCUT2D eigenvalue weighted by Gasteiger charge is 2.17. The first-order valence-corrected chi connectivity index (χ1v) is 8.14. The predicted molar refractivity (Wildman–Crippen MR) is 77.7 cm³/mol. The van der Waals surface area contributed by atoms with Crippen molar-refractivity contribution in [2.75, 3.05) is 12.4 Å². The van der Waals surface area contributed by atoms with Crippen LogP contribution < -0.4 is 10.0 Å². The van der Waals surface area contributed by atoms with Gasteiger partial charge >= 0.3 is 0 Å². The van der Waals surface area contributed by atoms with Gasteiger partial charge in [-0.15, -0.1) is 0 Å². The largest absolute Gasteiger partial charge is 0.373 e. The highest BCUT2D eigenvalue weighted by Crippen LogP contribution is 2.13. The lowest BCUT2D eigenvalue weighted by Crippen LogP contribution is -2.32. The van der Waals surface area contributed by atoms with Crippen LogP contribution in [0.4, 0.5) is 5.82 Å². The molecule has 19 heavy (non-hydrogen) atoms. The van der Waals surface area contributed by atoms with Gasteiger partial charge in [-0.3, -0.25) is 0 Å². The third kappa shape index (κ3) is 5.16. The Labute approximate surface area is 115 Å². The molecule has 0 radical (unpaired) electrons. The van der Waals surface area contributed by atoms with Gasteiger partial charge in [0.25, 0.3) is 0 Å². The Morgan fingerprint density at radius 3 is 2.74 bits per heavy atom.